The van der Waals surface area contributed by atoms with Crippen LogP contribution in [0.15, 0.2) is 24.3 Å². The topological polar surface area (TPSA) is 35.2 Å². The van der Waals surface area contributed by atoms with Gasteiger partial charge in [0.1, 0.15) is 0 Å². The zero-order chi connectivity index (χ0) is 11.8. The number of rotatable bonds is 7. The molecule has 0 aliphatic heterocycles. The Morgan fingerprint density at radius 3 is 2.56 bits per heavy atom. The Kier molecular flexibility index (Phi) is 5.94. The van der Waals surface area contributed by atoms with E-state index in [1.54, 1.807) is 0 Å². The minimum absolute atomic E-state index is 0.399. The number of benzene rings is 1. The third kappa shape index (κ3) is 5.17. The van der Waals surface area contributed by atoms with Gasteiger partial charge in [-0.25, -0.2) is 0 Å². The van der Waals surface area contributed by atoms with E-state index in [0.717, 1.165) is 31.6 Å². The SMILES string of the molecule is CCCC(C)OCCCc1ccc(N)cc1. The minimum Gasteiger partial charge on any atom is -0.399 e. The number of nitrogen functional groups attached to an aromatic ring is 1. The predicted molar refractivity (Wildman–Crippen MR) is 69.5 cm³/mol. The van der Waals surface area contributed by atoms with Crippen LogP contribution in [0.3, 0.4) is 0 Å². The van der Waals surface area contributed by atoms with Crippen LogP contribution in [0, 0.1) is 0 Å². The lowest BCUT2D eigenvalue weighted by Crippen LogP contribution is -2.09. The van der Waals surface area contributed by atoms with E-state index in [2.05, 4.69) is 26.0 Å². The Bertz CT molecular complexity index is 281. The Labute approximate surface area is 98.8 Å². The lowest BCUT2D eigenvalue weighted by atomic mass is 10.1. The molecule has 0 heterocycles. The van der Waals surface area contributed by atoms with Crippen molar-refractivity contribution in [3.63, 3.8) is 0 Å². The molecule has 0 aromatic heterocycles. The van der Waals surface area contributed by atoms with E-state index < -0.39 is 0 Å². The van der Waals surface area contributed by atoms with Crippen molar-refractivity contribution >= 4 is 5.69 Å². The van der Waals surface area contributed by atoms with Crippen LogP contribution in [0.2, 0.25) is 0 Å². The summed E-state index contributed by atoms with van der Waals surface area (Å²) in [7, 11) is 0. The van der Waals surface area contributed by atoms with Gasteiger partial charge in [-0.3, -0.25) is 0 Å². The molecule has 0 saturated heterocycles. The second kappa shape index (κ2) is 7.29. The molecule has 16 heavy (non-hydrogen) atoms. The quantitative estimate of drug-likeness (QED) is 0.565. The number of ether oxygens (including phenoxy) is 1. The summed E-state index contributed by atoms with van der Waals surface area (Å²) in [5, 5.41) is 0. The van der Waals surface area contributed by atoms with Crippen molar-refractivity contribution in [1.29, 1.82) is 0 Å². The molecule has 0 radical (unpaired) electrons. The van der Waals surface area contributed by atoms with Gasteiger partial charge in [0.15, 0.2) is 0 Å². The molecule has 1 atom stereocenters. The highest BCUT2D eigenvalue weighted by atomic mass is 16.5. The highest BCUT2D eigenvalue weighted by Gasteiger charge is 2.00. The molecule has 1 aromatic carbocycles. The monoisotopic (exact) mass is 221 g/mol. The smallest absolute Gasteiger partial charge is 0.0546 e. The summed E-state index contributed by atoms with van der Waals surface area (Å²) in [5.74, 6) is 0. The first-order valence-electron chi connectivity index (χ1n) is 6.18. The summed E-state index contributed by atoms with van der Waals surface area (Å²) < 4.78 is 5.70. The zero-order valence-corrected chi connectivity index (χ0v) is 10.4. The minimum atomic E-state index is 0.399. The lowest BCUT2D eigenvalue weighted by molar-refractivity contribution is 0.0583. The largest absolute Gasteiger partial charge is 0.399 e. The van der Waals surface area contributed by atoms with E-state index in [1.807, 2.05) is 12.1 Å². The lowest BCUT2D eigenvalue weighted by Gasteiger charge is -2.11. The Morgan fingerprint density at radius 1 is 1.25 bits per heavy atom. The third-order valence-corrected chi connectivity index (χ3v) is 2.69. The molecular formula is C14H23NO. The van der Waals surface area contributed by atoms with Gasteiger partial charge >= 0.3 is 0 Å². The number of anilines is 1. The second-order valence-corrected chi connectivity index (χ2v) is 4.32. The Balaban J connectivity index is 2.13. The summed E-state index contributed by atoms with van der Waals surface area (Å²) in [6.07, 6.45) is 4.90. The fraction of sp³-hybridized carbons (Fsp3) is 0.571. The Hall–Kier alpha value is -1.02. The molecule has 1 unspecified atom stereocenters. The Morgan fingerprint density at radius 2 is 1.94 bits per heavy atom. The van der Waals surface area contributed by atoms with Gasteiger partial charge in [0.05, 0.1) is 6.10 Å². The maximum Gasteiger partial charge on any atom is 0.0546 e. The first kappa shape index (κ1) is 13.0. The summed E-state index contributed by atoms with van der Waals surface area (Å²) >= 11 is 0. The third-order valence-electron chi connectivity index (χ3n) is 2.69. The molecule has 0 amide bonds. The van der Waals surface area contributed by atoms with E-state index >= 15 is 0 Å². The normalized spacial score (nSPS) is 12.6. The van der Waals surface area contributed by atoms with E-state index in [9.17, 15) is 0 Å². The zero-order valence-electron chi connectivity index (χ0n) is 10.4. The summed E-state index contributed by atoms with van der Waals surface area (Å²) in [5.41, 5.74) is 7.79. The standard InChI is InChI=1S/C14H23NO/c1-3-5-12(2)16-11-4-6-13-7-9-14(15)10-8-13/h7-10,12H,3-6,11,15H2,1-2H3. The molecule has 2 heteroatoms. The number of hydrogen-bond acceptors (Lipinski definition) is 2. The van der Waals surface area contributed by atoms with Crippen molar-refractivity contribution in [3.05, 3.63) is 29.8 Å². The molecule has 0 aliphatic rings. The first-order chi connectivity index (χ1) is 7.72. The van der Waals surface area contributed by atoms with Crippen molar-refractivity contribution in [2.24, 2.45) is 0 Å². The van der Waals surface area contributed by atoms with Crippen LogP contribution >= 0.6 is 0 Å². The van der Waals surface area contributed by atoms with Gasteiger partial charge in [-0.2, -0.15) is 0 Å². The fourth-order valence-electron chi connectivity index (χ4n) is 1.73. The van der Waals surface area contributed by atoms with Crippen LogP contribution in [-0.2, 0) is 11.2 Å². The van der Waals surface area contributed by atoms with Crippen LogP contribution in [0.1, 0.15) is 38.7 Å². The van der Waals surface area contributed by atoms with Crippen LogP contribution < -0.4 is 5.73 Å². The van der Waals surface area contributed by atoms with Gasteiger partial charge in [-0.05, 0) is 43.9 Å². The van der Waals surface area contributed by atoms with Crippen LogP contribution in [0.4, 0.5) is 5.69 Å². The average Bonchev–Trinajstić information content (AvgIpc) is 2.27. The van der Waals surface area contributed by atoms with Gasteiger partial charge in [0.25, 0.3) is 0 Å². The van der Waals surface area contributed by atoms with Crippen molar-refractivity contribution in [2.45, 2.75) is 45.6 Å². The summed E-state index contributed by atoms with van der Waals surface area (Å²) in [6, 6.07) is 8.08. The van der Waals surface area contributed by atoms with E-state index in [1.165, 1.54) is 12.0 Å². The van der Waals surface area contributed by atoms with Crippen molar-refractivity contribution < 1.29 is 4.74 Å². The van der Waals surface area contributed by atoms with Crippen molar-refractivity contribution in [2.75, 3.05) is 12.3 Å². The molecule has 0 saturated carbocycles. The first-order valence-corrected chi connectivity index (χ1v) is 6.18. The summed E-state index contributed by atoms with van der Waals surface area (Å²) in [6.45, 7) is 5.19. The number of nitrogens with two attached hydrogens (primary N) is 1. The van der Waals surface area contributed by atoms with Gasteiger partial charge in [-0.1, -0.05) is 25.5 Å². The van der Waals surface area contributed by atoms with Crippen LogP contribution in [0.25, 0.3) is 0 Å². The molecule has 1 rings (SSSR count). The van der Waals surface area contributed by atoms with E-state index in [-0.39, 0.29) is 0 Å². The van der Waals surface area contributed by atoms with Crippen LogP contribution in [0.5, 0.6) is 0 Å². The molecular weight excluding hydrogens is 198 g/mol. The molecule has 90 valence electrons. The molecule has 0 aliphatic carbocycles. The molecule has 2 N–H and O–H groups in total. The molecule has 0 spiro atoms. The number of aryl methyl sites for hydroxylation is 1. The van der Waals surface area contributed by atoms with Gasteiger partial charge < -0.3 is 10.5 Å². The molecule has 1 aromatic rings. The average molecular weight is 221 g/mol. The number of hydrogen-bond donors (Lipinski definition) is 1. The summed E-state index contributed by atoms with van der Waals surface area (Å²) in [4.78, 5) is 0. The highest BCUT2D eigenvalue weighted by Crippen LogP contribution is 2.08. The molecule has 0 bridgehead atoms. The highest BCUT2D eigenvalue weighted by molar-refractivity contribution is 5.39. The van der Waals surface area contributed by atoms with E-state index in [4.69, 9.17) is 10.5 Å². The van der Waals surface area contributed by atoms with Crippen molar-refractivity contribution in [3.8, 4) is 0 Å². The molecule has 2 nitrogen and oxygen atoms in total. The van der Waals surface area contributed by atoms with Gasteiger partial charge in [0, 0.05) is 12.3 Å². The maximum atomic E-state index is 5.70. The predicted octanol–water partition coefficient (Wildman–Crippen LogP) is 3.41. The van der Waals surface area contributed by atoms with E-state index in [0.29, 0.717) is 6.10 Å². The fourth-order valence-corrected chi connectivity index (χ4v) is 1.73. The second-order valence-electron chi connectivity index (χ2n) is 4.32. The van der Waals surface area contributed by atoms with Crippen LogP contribution in [-0.4, -0.2) is 12.7 Å². The maximum absolute atomic E-state index is 5.70. The van der Waals surface area contributed by atoms with Gasteiger partial charge in [0.2, 0.25) is 0 Å². The van der Waals surface area contributed by atoms with Gasteiger partial charge in [-0.15, -0.1) is 0 Å². The molecule has 0 fully saturated rings. The van der Waals surface area contributed by atoms with Crippen molar-refractivity contribution in [1.82, 2.24) is 0 Å².